The van der Waals surface area contributed by atoms with Gasteiger partial charge in [-0.05, 0) is 38.9 Å². The molecule has 0 amide bonds. The van der Waals surface area contributed by atoms with E-state index in [0.717, 1.165) is 29.9 Å². The largest absolute Gasteiger partial charge is 0.471 e. The van der Waals surface area contributed by atoms with Crippen molar-refractivity contribution < 1.29 is 9.53 Å². The summed E-state index contributed by atoms with van der Waals surface area (Å²) in [7, 11) is 3.58. The number of likely N-dealkylation sites (N-methyl/N-ethyl adjacent to an activating group) is 1. The minimum Gasteiger partial charge on any atom is -0.471 e. The Morgan fingerprint density at radius 3 is 2.87 bits per heavy atom. The van der Waals surface area contributed by atoms with Crippen LogP contribution in [-0.4, -0.2) is 65.7 Å². The molecule has 2 aliphatic heterocycles. The maximum atomic E-state index is 8.95. The third-order valence-corrected chi connectivity index (χ3v) is 5.01. The van der Waals surface area contributed by atoms with Gasteiger partial charge in [-0.25, -0.2) is 9.97 Å². The van der Waals surface area contributed by atoms with Crippen LogP contribution in [0, 0.1) is 0 Å². The molecule has 0 saturated carbocycles. The van der Waals surface area contributed by atoms with Crippen molar-refractivity contribution in [1.82, 2.24) is 19.9 Å². The van der Waals surface area contributed by atoms with Crippen LogP contribution >= 0.6 is 0 Å². The Hall–Kier alpha value is -2.15. The fraction of sp³-hybridized carbons (Fsp3) is 0.562. The van der Waals surface area contributed by atoms with Crippen molar-refractivity contribution in [1.29, 1.82) is 0 Å². The number of fused-ring (bicyclic) bond motifs is 1. The Kier molecular flexibility index (Phi) is 4.47. The van der Waals surface area contributed by atoms with Crippen molar-refractivity contribution >= 4 is 23.3 Å². The number of ether oxygens (including phenoxy) is 1. The number of carbonyl (C=O) groups is 1. The van der Waals surface area contributed by atoms with Crippen LogP contribution in [0.3, 0.4) is 0 Å². The number of methoxy groups -OCH3 is 1. The summed E-state index contributed by atoms with van der Waals surface area (Å²) in [5.41, 5.74) is 1.32. The number of anilines is 1. The normalized spacial score (nSPS) is 24.0. The molecule has 2 aliphatic rings. The molecule has 1 N–H and O–H groups in total. The number of nitrogens with one attached hydrogen (secondary N) is 1. The molecular weight excluding hydrogens is 294 g/mol. The molecule has 0 aliphatic carbocycles. The van der Waals surface area contributed by atoms with Gasteiger partial charge in [0.05, 0.1) is 12.5 Å². The average Bonchev–Trinajstić information content (AvgIpc) is 3.29. The molecule has 0 bridgehead atoms. The van der Waals surface area contributed by atoms with Gasteiger partial charge in [-0.15, -0.1) is 0 Å². The van der Waals surface area contributed by atoms with Crippen molar-refractivity contribution in [2.75, 3.05) is 38.7 Å². The van der Waals surface area contributed by atoms with Crippen LogP contribution in [0.5, 0.6) is 0 Å². The number of carbonyl (C=O) groups excluding carboxylic acids is 1. The molecule has 2 fully saturated rings. The van der Waals surface area contributed by atoms with Crippen LogP contribution in [0.25, 0.3) is 11.0 Å². The number of likely N-dealkylation sites (tertiary alicyclic amines) is 1. The smallest absolute Gasteiger partial charge is 0.292 e. The molecule has 0 radical (unpaired) electrons. The number of hydrogen-bond acceptors (Lipinski definition) is 6. The number of aromatic nitrogens is 3. The van der Waals surface area contributed by atoms with Gasteiger partial charge >= 0.3 is 0 Å². The average molecular weight is 317 g/mol. The molecular formula is C16H23N5O2. The lowest BCUT2D eigenvalue weighted by atomic mass is 9.96. The highest BCUT2D eigenvalue weighted by Gasteiger charge is 2.44. The van der Waals surface area contributed by atoms with Gasteiger partial charge in [0.25, 0.3) is 6.47 Å². The molecule has 1 unspecified atom stereocenters. The lowest BCUT2D eigenvalue weighted by molar-refractivity contribution is -0.126. The van der Waals surface area contributed by atoms with E-state index in [1.54, 1.807) is 6.33 Å². The predicted molar refractivity (Wildman–Crippen MR) is 88.4 cm³/mol. The number of hydrogen-bond donors (Lipinski definition) is 1. The van der Waals surface area contributed by atoms with E-state index in [0.29, 0.717) is 12.0 Å². The standard InChI is InChI=1S/C14H19N5.C2H4O2/c1-18-7-2-4-14(18)5-8-19(9-14)13-11-3-6-15-12(11)16-10-17-13;1-4-2-3/h3,6,10H,2,4-5,7-9H2,1H3,(H,15,16,17);2H,1H3. The van der Waals surface area contributed by atoms with Crippen LogP contribution in [0.2, 0.25) is 0 Å². The molecule has 23 heavy (non-hydrogen) atoms. The van der Waals surface area contributed by atoms with Crippen molar-refractivity contribution in [3.63, 3.8) is 0 Å². The molecule has 2 aromatic rings. The zero-order valence-electron chi connectivity index (χ0n) is 13.7. The minimum absolute atomic E-state index is 0.375. The van der Waals surface area contributed by atoms with Crippen LogP contribution in [0.1, 0.15) is 19.3 Å². The fourth-order valence-electron chi connectivity index (χ4n) is 3.74. The SMILES string of the molecule is CN1CCCC12CCN(c1ncnc3[nH]ccc13)C2.COC=O. The molecule has 2 saturated heterocycles. The van der Waals surface area contributed by atoms with Crippen LogP contribution < -0.4 is 4.90 Å². The second-order valence-corrected chi connectivity index (χ2v) is 6.19. The summed E-state index contributed by atoms with van der Waals surface area (Å²) < 4.78 is 3.86. The van der Waals surface area contributed by atoms with E-state index in [-0.39, 0.29) is 0 Å². The topological polar surface area (TPSA) is 74.3 Å². The third kappa shape index (κ3) is 2.88. The van der Waals surface area contributed by atoms with Gasteiger partial charge in [0.1, 0.15) is 17.8 Å². The van der Waals surface area contributed by atoms with Gasteiger partial charge in [-0.1, -0.05) is 0 Å². The highest BCUT2D eigenvalue weighted by molar-refractivity contribution is 5.87. The number of aromatic amines is 1. The van der Waals surface area contributed by atoms with Crippen LogP contribution in [-0.2, 0) is 9.53 Å². The summed E-state index contributed by atoms with van der Waals surface area (Å²) in [5, 5.41) is 1.14. The summed E-state index contributed by atoms with van der Waals surface area (Å²) in [4.78, 5) is 25.9. The van der Waals surface area contributed by atoms with Gasteiger partial charge in [-0.3, -0.25) is 9.69 Å². The molecule has 2 aromatic heterocycles. The monoisotopic (exact) mass is 317 g/mol. The Balaban J connectivity index is 0.000000354. The summed E-state index contributed by atoms with van der Waals surface area (Å²) in [6, 6.07) is 2.08. The van der Waals surface area contributed by atoms with Gasteiger partial charge in [0.15, 0.2) is 0 Å². The first-order chi connectivity index (χ1) is 11.2. The Labute approximate surface area is 135 Å². The number of nitrogens with zero attached hydrogens (tertiary/aromatic N) is 4. The summed E-state index contributed by atoms with van der Waals surface area (Å²) in [6.07, 6.45) is 7.50. The molecule has 4 rings (SSSR count). The Bertz CT molecular complexity index is 673. The number of rotatable bonds is 2. The van der Waals surface area contributed by atoms with Gasteiger partial charge in [-0.2, -0.15) is 0 Å². The maximum absolute atomic E-state index is 8.95. The lowest BCUT2D eigenvalue weighted by Gasteiger charge is -2.32. The molecule has 7 heteroatoms. The maximum Gasteiger partial charge on any atom is 0.292 e. The van der Waals surface area contributed by atoms with E-state index in [1.807, 2.05) is 6.20 Å². The second kappa shape index (κ2) is 6.54. The zero-order valence-corrected chi connectivity index (χ0v) is 13.7. The molecule has 4 heterocycles. The first-order valence-electron chi connectivity index (χ1n) is 7.91. The Morgan fingerprint density at radius 2 is 2.17 bits per heavy atom. The molecule has 1 spiro atoms. The second-order valence-electron chi connectivity index (χ2n) is 6.19. The first kappa shape index (κ1) is 15.7. The molecule has 1 atom stereocenters. The highest BCUT2D eigenvalue weighted by atomic mass is 16.5. The van der Waals surface area contributed by atoms with E-state index in [4.69, 9.17) is 4.79 Å². The van der Waals surface area contributed by atoms with Crippen molar-refractivity contribution in [2.45, 2.75) is 24.8 Å². The number of H-pyrrole nitrogens is 1. The third-order valence-electron chi connectivity index (χ3n) is 5.01. The summed E-state index contributed by atoms with van der Waals surface area (Å²) in [6.45, 7) is 3.81. The van der Waals surface area contributed by atoms with Crippen molar-refractivity contribution in [3.05, 3.63) is 18.6 Å². The fourth-order valence-corrected chi connectivity index (χ4v) is 3.74. The zero-order chi connectivity index (χ0) is 16.3. The predicted octanol–water partition coefficient (Wildman–Crippen LogP) is 1.42. The lowest BCUT2D eigenvalue weighted by Crippen LogP contribution is -2.43. The van der Waals surface area contributed by atoms with E-state index in [2.05, 4.69) is 42.6 Å². The summed E-state index contributed by atoms with van der Waals surface area (Å²) >= 11 is 0. The van der Waals surface area contributed by atoms with Gasteiger partial charge < -0.3 is 14.6 Å². The molecule has 0 aromatic carbocycles. The summed E-state index contributed by atoms with van der Waals surface area (Å²) in [5.74, 6) is 1.09. The van der Waals surface area contributed by atoms with Gasteiger partial charge in [0.2, 0.25) is 0 Å². The molecule has 124 valence electrons. The van der Waals surface area contributed by atoms with E-state index >= 15 is 0 Å². The van der Waals surface area contributed by atoms with Crippen LogP contribution in [0.4, 0.5) is 5.82 Å². The van der Waals surface area contributed by atoms with Crippen molar-refractivity contribution in [2.24, 2.45) is 0 Å². The van der Waals surface area contributed by atoms with Crippen molar-refractivity contribution in [3.8, 4) is 0 Å². The first-order valence-corrected chi connectivity index (χ1v) is 7.91. The van der Waals surface area contributed by atoms with Gasteiger partial charge in [0, 0.05) is 24.8 Å². The van der Waals surface area contributed by atoms with E-state index in [9.17, 15) is 0 Å². The van der Waals surface area contributed by atoms with E-state index < -0.39 is 0 Å². The minimum atomic E-state index is 0.375. The Morgan fingerprint density at radius 1 is 1.35 bits per heavy atom. The van der Waals surface area contributed by atoms with Crippen LogP contribution in [0.15, 0.2) is 18.6 Å². The highest BCUT2D eigenvalue weighted by Crippen LogP contribution is 2.38. The van der Waals surface area contributed by atoms with E-state index in [1.165, 1.54) is 32.9 Å². The quantitative estimate of drug-likeness (QED) is 0.845. The molecule has 7 nitrogen and oxygen atoms in total.